The van der Waals surface area contributed by atoms with Gasteiger partial charge in [0.15, 0.2) is 0 Å². The number of hydrogen-bond donors (Lipinski definition) is 5. The molecule has 8 heteroatoms. The summed E-state index contributed by atoms with van der Waals surface area (Å²) in [5.74, 6) is 0.322. The summed E-state index contributed by atoms with van der Waals surface area (Å²) in [6, 6.07) is -0.293. The Labute approximate surface area is 101 Å². The lowest BCUT2D eigenvalue weighted by Gasteiger charge is -2.21. The summed E-state index contributed by atoms with van der Waals surface area (Å²) in [6.07, 6.45) is -1.00. The molecule has 0 radical (unpaired) electrons. The Balaban J connectivity index is 4.17. The topological polar surface area (TPSA) is 127 Å². The highest BCUT2D eigenvalue weighted by Gasteiger charge is 2.28. The van der Waals surface area contributed by atoms with Gasteiger partial charge < -0.3 is 20.6 Å². The average Bonchev–Trinajstić information content (AvgIpc) is 2.20. The Kier molecular flexibility index (Phi) is 7.14. The predicted molar refractivity (Wildman–Crippen MR) is 61.9 cm³/mol. The van der Waals surface area contributed by atoms with Gasteiger partial charge in [0.25, 0.3) is 10.1 Å². The molecule has 0 rings (SSSR count). The largest absolute Gasteiger partial charge is 0.395 e. The van der Waals surface area contributed by atoms with Gasteiger partial charge in [0.05, 0.1) is 6.61 Å². The molecule has 104 valence electrons. The second kappa shape index (κ2) is 7.24. The third kappa shape index (κ3) is 6.92. The SMILES string of the molecule is CC(C)CC(CO)NCC(O)C(O)S(=O)(=O)O. The van der Waals surface area contributed by atoms with Crippen LogP contribution in [0, 0.1) is 5.92 Å². The van der Waals surface area contributed by atoms with E-state index in [1.165, 1.54) is 0 Å². The smallest absolute Gasteiger partial charge is 0.294 e. The number of aliphatic hydroxyl groups is 3. The molecule has 0 aromatic carbocycles. The quantitative estimate of drug-likeness (QED) is 0.342. The van der Waals surface area contributed by atoms with Crippen LogP contribution in [0.15, 0.2) is 0 Å². The van der Waals surface area contributed by atoms with Crippen molar-refractivity contribution in [1.29, 1.82) is 0 Å². The van der Waals surface area contributed by atoms with Gasteiger partial charge in [0.2, 0.25) is 5.44 Å². The molecule has 0 aromatic heterocycles. The predicted octanol–water partition coefficient (Wildman–Crippen LogP) is -1.45. The summed E-state index contributed by atoms with van der Waals surface area (Å²) in [6.45, 7) is 3.51. The van der Waals surface area contributed by atoms with E-state index in [9.17, 15) is 13.5 Å². The fourth-order valence-electron chi connectivity index (χ4n) is 1.38. The Hall–Kier alpha value is -0.250. The molecule has 0 spiro atoms. The van der Waals surface area contributed by atoms with Crippen LogP contribution in [0.2, 0.25) is 0 Å². The van der Waals surface area contributed by atoms with Crippen LogP contribution in [-0.2, 0) is 10.1 Å². The molecule has 0 saturated carbocycles. The van der Waals surface area contributed by atoms with Crippen molar-refractivity contribution < 1.29 is 28.3 Å². The first kappa shape index (κ1) is 16.8. The van der Waals surface area contributed by atoms with Crippen LogP contribution >= 0.6 is 0 Å². The van der Waals surface area contributed by atoms with Crippen molar-refractivity contribution in [3.63, 3.8) is 0 Å². The fourth-order valence-corrected chi connectivity index (χ4v) is 1.87. The van der Waals surface area contributed by atoms with Crippen LogP contribution < -0.4 is 5.32 Å². The van der Waals surface area contributed by atoms with Crippen LogP contribution in [0.1, 0.15) is 20.3 Å². The molecule has 0 amide bonds. The van der Waals surface area contributed by atoms with Gasteiger partial charge in [-0.3, -0.25) is 4.55 Å². The van der Waals surface area contributed by atoms with E-state index in [0.717, 1.165) is 0 Å². The van der Waals surface area contributed by atoms with E-state index >= 15 is 0 Å². The number of hydrogen-bond acceptors (Lipinski definition) is 6. The number of nitrogens with one attached hydrogen (secondary N) is 1. The molecule has 0 aromatic rings. The second-order valence-electron chi connectivity index (χ2n) is 4.39. The third-order valence-corrected chi connectivity index (χ3v) is 3.15. The third-order valence-electron chi connectivity index (χ3n) is 2.23. The van der Waals surface area contributed by atoms with Crippen LogP contribution in [-0.4, -0.2) is 59.0 Å². The zero-order chi connectivity index (χ0) is 13.6. The van der Waals surface area contributed by atoms with Crippen molar-refractivity contribution in [2.24, 2.45) is 5.92 Å². The van der Waals surface area contributed by atoms with Gasteiger partial charge in [-0.1, -0.05) is 13.8 Å². The van der Waals surface area contributed by atoms with Gasteiger partial charge in [-0.2, -0.15) is 8.42 Å². The summed E-state index contributed by atoms with van der Waals surface area (Å²) in [5.41, 5.74) is -2.24. The van der Waals surface area contributed by atoms with Crippen LogP contribution in [0.5, 0.6) is 0 Å². The lowest BCUT2D eigenvalue weighted by molar-refractivity contribution is 0.0574. The van der Waals surface area contributed by atoms with Gasteiger partial charge in [-0.05, 0) is 12.3 Å². The molecule has 0 aliphatic carbocycles. The Morgan fingerprint density at radius 2 is 1.76 bits per heavy atom. The van der Waals surface area contributed by atoms with E-state index in [0.29, 0.717) is 12.3 Å². The van der Waals surface area contributed by atoms with Crippen LogP contribution in [0.25, 0.3) is 0 Å². The van der Waals surface area contributed by atoms with E-state index in [1.54, 1.807) is 0 Å². The van der Waals surface area contributed by atoms with E-state index in [-0.39, 0.29) is 19.2 Å². The summed E-state index contributed by atoms with van der Waals surface area (Å²) in [4.78, 5) is 0. The molecule has 3 atom stereocenters. The highest BCUT2D eigenvalue weighted by atomic mass is 32.2. The average molecular weight is 271 g/mol. The van der Waals surface area contributed by atoms with Crippen molar-refractivity contribution in [1.82, 2.24) is 5.32 Å². The molecule has 0 aliphatic heterocycles. The van der Waals surface area contributed by atoms with E-state index < -0.39 is 21.7 Å². The van der Waals surface area contributed by atoms with E-state index in [2.05, 4.69) is 5.32 Å². The first-order chi connectivity index (χ1) is 7.68. The molecule has 0 heterocycles. The molecule has 0 aliphatic rings. The monoisotopic (exact) mass is 271 g/mol. The molecule has 0 bridgehead atoms. The van der Waals surface area contributed by atoms with Crippen molar-refractivity contribution in [3.8, 4) is 0 Å². The molecular formula is C9H21NO6S. The Morgan fingerprint density at radius 3 is 2.12 bits per heavy atom. The van der Waals surface area contributed by atoms with Gasteiger partial charge in [-0.25, -0.2) is 0 Å². The molecule has 3 unspecified atom stereocenters. The molecule has 5 N–H and O–H groups in total. The molecule has 0 fully saturated rings. The second-order valence-corrected chi connectivity index (χ2v) is 5.90. The minimum absolute atomic E-state index is 0.160. The summed E-state index contributed by atoms with van der Waals surface area (Å²) >= 11 is 0. The standard InChI is InChI=1S/C9H21NO6S/c1-6(2)3-7(5-11)10-4-8(12)9(13)17(14,15)16/h6-13H,3-5H2,1-2H3,(H,14,15,16). The highest BCUT2D eigenvalue weighted by Crippen LogP contribution is 2.05. The van der Waals surface area contributed by atoms with Gasteiger partial charge in [0, 0.05) is 12.6 Å². The lowest BCUT2D eigenvalue weighted by atomic mass is 10.0. The summed E-state index contributed by atoms with van der Waals surface area (Å²) < 4.78 is 29.6. The molecule has 17 heavy (non-hydrogen) atoms. The minimum atomic E-state index is -4.68. The maximum absolute atomic E-state index is 10.5. The van der Waals surface area contributed by atoms with E-state index in [1.807, 2.05) is 13.8 Å². The summed E-state index contributed by atoms with van der Waals surface area (Å²) in [7, 11) is -4.68. The van der Waals surface area contributed by atoms with Crippen molar-refractivity contribution in [3.05, 3.63) is 0 Å². The number of rotatable bonds is 8. The van der Waals surface area contributed by atoms with Gasteiger partial charge in [-0.15, -0.1) is 0 Å². The van der Waals surface area contributed by atoms with Crippen molar-refractivity contribution in [2.45, 2.75) is 37.9 Å². The Morgan fingerprint density at radius 1 is 1.24 bits per heavy atom. The fraction of sp³-hybridized carbons (Fsp3) is 1.00. The molecule has 7 nitrogen and oxygen atoms in total. The van der Waals surface area contributed by atoms with Crippen LogP contribution in [0.3, 0.4) is 0 Å². The maximum Gasteiger partial charge on any atom is 0.294 e. The maximum atomic E-state index is 10.5. The van der Waals surface area contributed by atoms with Crippen LogP contribution in [0.4, 0.5) is 0 Å². The molecule has 0 saturated heterocycles. The van der Waals surface area contributed by atoms with Gasteiger partial charge >= 0.3 is 0 Å². The van der Waals surface area contributed by atoms with Crippen molar-refractivity contribution in [2.75, 3.05) is 13.2 Å². The highest BCUT2D eigenvalue weighted by molar-refractivity contribution is 7.86. The zero-order valence-electron chi connectivity index (χ0n) is 9.94. The van der Waals surface area contributed by atoms with Crippen molar-refractivity contribution >= 4 is 10.1 Å². The van der Waals surface area contributed by atoms with Gasteiger partial charge in [0.1, 0.15) is 6.10 Å². The first-order valence-electron chi connectivity index (χ1n) is 5.35. The minimum Gasteiger partial charge on any atom is -0.395 e. The van der Waals surface area contributed by atoms with E-state index in [4.69, 9.17) is 14.8 Å². The Bertz CT molecular complexity index is 305. The number of aliphatic hydroxyl groups excluding tert-OH is 3. The molecular weight excluding hydrogens is 250 g/mol. The first-order valence-corrected chi connectivity index (χ1v) is 6.85. The normalized spacial score (nSPS) is 18.1. The lowest BCUT2D eigenvalue weighted by Crippen LogP contribution is -2.45. The summed E-state index contributed by atoms with van der Waals surface area (Å²) in [5, 5.41) is 30.1. The zero-order valence-corrected chi connectivity index (χ0v) is 10.8.